The molecule has 0 saturated carbocycles. The quantitative estimate of drug-likeness (QED) is 0.202. The van der Waals surface area contributed by atoms with Gasteiger partial charge in [0, 0.05) is 82.0 Å². The fourth-order valence-corrected chi connectivity index (χ4v) is 6.83. The highest BCUT2D eigenvalue weighted by Crippen LogP contribution is 2.27. The van der Waals surface area contributed by atoms with E-state index in [0.29, 0.717) is 40.6 Å². The van der Waals surface area contributed by atoms with Gasteiger partial charge >= 0.3 is 5.97 Å². The normalized spacial score (nSPS) is 18.5. The molecule has 1 aromatic carbocycles. The van der Waals surface area contributed by atoms with Crippen LogP contribution in [0.15, 0.2) is 66.1 Å². The number of aliphatic carboxylic acids is 1. The predicted octanol–water partition coefficient (Wildman–Crippen LogP) is 1.71. The fraction of sp³-hybridized carbons (Fsp3) is 0.441. The topological polar surface area (TPSA) is 148 Å². The van der Waals surface area contributed by atoms with Gasteiger partial charge in [-0.05, 0) is 50.2 Å². The van der Waals surface area contributed by atoms with Gasteiger partial charge in [-0.25, -0.2) is 19.3 Å². The maximum Gasteiger partial charge on any atom is 0.317 e. The van der Waals surface area contributed by atoms with Gasteiger partial charge in [-0.1, -0.05) is 12.1 Å². The number of aromatic nitrogens is 5. The summed E-state index contributed by atoms with van der Waals surface area (Å²) >= 11 is 0. The zero-order chi connectivity index (χ0) is 33.6. The first-order valence-corrected chi connectivity index (χ1v) is 16.4. The molecule has 252 valence electrons. The molecular formula is C34H42N10O4. The van der Waals surface area contributed by atoms with Crippen LogP contribution in [-0.4, -0.2) is 126 Å². The molecule has 4 aromatic rings. The number of benzene rings is 1. The van der Waals surface area contributed by atoms with Crippen molar-refractivity contribution in [1.29, 1.82) is 0 Å². The van der Waals surface area contributed by atoms with Crippen molar-refractivity contribution in [1.82, 2.24) is 39.0 Å². The number of nitrogens with one attached hydrogen (secondary N) is 1. The maximum absolute atomic E-state index is 13.3. The standard InChI is InChI=1S/C34H42N10O4/c1-4-12-43-32(47)27-17-35-33(38-31(27)44(43)29-7-5-6-28(37-29)34(2,3)48)36-23-8-10-24(11-9-23)40-13-15-41(16-14-40)26-20-42(21-26)25-18-39(19-25)22-30(45)46/h4-11,17,25-26,48H,1,12-16,18-22H2,2-3H3,(H,45,46)(H,35,36,38). The summed E-state index contributed by atoms with van der Waals surface area (Å²) in [5.74, 6) is 0.0479. The minimum Gasteiger partial charge on any atom is -0.480 e. The Kier molecular flexibility index (Phi) is 8.50. The zero-order valence-corrected chi connectivity index (χ0v) is 27.4. The lowest BCUT2D eigenvalue weighted by Crippen LogP contribution is -2.71. The van der Waals surface area contributed by atoms with Gasteiger partial charge in [-0.3, -0.25) is 24.3 Å². The van der Waals surface area contributed by atoms with E-state index >= 15 is 0 Å². The van der Waals surface area contributed by atoms with Crippen molar-refractivity contribution in [2.75, 3.05) is 69.1 Å². The summed E-state index contributed by atoms with van der Waals surface area (Å²) in [5.41, 5.74) is 1.44. The van der Waals surface area contributed by atoms with Crippen molar-refractivity contribution in [3.05, 3.63) is 77.4 Å². The van der Waals surface area contributed by atoms with Crippen molar-refractivity contribution in [2.24, 2.45) is 0 Å². The third kappa shape index (κ3) is 6.31. The lowest BCUT2D eigenvalue weighted by Gasteiger charge is -2.55. The van der Waals surface area contributed by atoms with Gasteiger partial charge in [-0.2, -0.15) is 4.98 Å². The number of rotatable bonds is 11. The van der Waals surface area contributed by atoms with E-state index in [2.05, 4.69) is 48.7 Å². The Hall–Kier alpha value is -4.63. The number of allylic oxidation sites excluding steroid dienone is 1. The van der Waals surface area contributed by atoms with Crippen LogP contribution in [0, 0.1) is 0 Å². The smallest absolute Gasteiger partial charge is 0.317 e. The summed E-state index contributed by atoms with van der Waals surface area (Å²) in [5, 5.41) is 23.2. The van der Waals surface area contributed by atoms with Crippen LogP contribution in [0.2, 0.25) is 0 Å². The van der Waals surface area contributed by atoms with Crippen LogP contribution in [-0.2, 0) is 16.9 Å². The van der Waals surface area contributed by atoms with Crippen molar-refractivity contribution < 1.29 is 15.0 Å². The van der Waals surface area contributed by atoms with E-state index in [1.165, 1.54) is 10.9 Å². The molecule has 0 radical (unpaired) electrons. The minimum absolute atomic E-state index is 0.142. The first-order chi connectivity index (χ1) is 23.1. The van der Waals surface area contributed by atoms with Gasteiger partial charge < -0.3 is 20.4 Å². The largest absolute Gasteiger partial charge is 0.480 e. The lowest BCUT2D eigenvalue weighted by atomic mass is 9.98. The Balaban J connectivity index is 0.989. The molecule has 14 heteroatoms. The maximum atomic E-state index is 13.3. The first kappa shape index (κ1) is 31.9. The van der Waals surface area contributed by atoms with Crippen LogP contribution in [0.3, 0.4) is 0 Å². The van der Waals surface area contributed by atoms with Crippen LogP contribution in [0.1, 0.15) is 19.5 Å². The molecule has 3 aliphatic rings. The summed E-state index contributed by atoms with van der Waals surface area (Å²) < 4.78 is 3.16. The Morgan fingerprint density at radius 1 is 1.00 bits per heavy atom. The predicted molar refractivity (Wildman–Crippen MR) is 183 cm³/mol. The van der Waals surface area contributed by atoms with Gasteiger partial charge in [0.1, 0.15) is 11.0 Å². The molecule has 3 N–H and O–H groups in total. The second-order valence-electron chi connectivity index (χ2n) is 13.4. The van der Waals surface area contributed by atoms with E-state index in [9.17, 15) is 14.7 Å². The number of piperazine rings is 1. The van der Waals surface area contributed by atoms with Crippen LogP contribution >= 0.6 is 0 Å². The average Bonchev–Trinajstić information content (AvgIpc) is 3.29. The second kappa shape index (κ2) is 12.8. The van der Waals surface area contributed by atoms with E-state index in [4.69, 9.17) is 10.1 Å². The van der Waals surface area contributed by atoms with Gasteiger partial charge in [0.25, 0.3) is 5.56 Å². The summed E-state index contributed by atoms with van der Waals surface area (Å²) in [6, 6.07) is 14.6. The van der Waals surface area contributed by atoms with Crippen LogP contribution in [0.5, 0.6) is 0 Å². The Morgan fingerprint density at radius 3 is 2.38 bits per heavy atom. The minimum atomic E-state index is -1.16. The molecule has 48 heavy (non-hydrogen) atoms. The highest BCUT2D eigenvalue weighted by Gasteiger charge is 2.41. The first-order valence-electron chi connectivity index (χ1n) is 16.4. The van der Waals surface area contributed by atoms with E-state index in [1.54, 1.807) is 42.8 Å². The van der Waals surface area contributed by atoms with E-state index in [1.807, 2.05) is 17.0 Å². The van der Waals surface area contributed by atoms with Crippen LogP contribution in [0.25, 0.3) is 16.9 Å². The molecule has 0 aliphatic carbocycles. The molecule has 0 atom stereocenters. The monoisotopic (exact) mass is 654 g/mol. The number of carboxylic acid groups (broad SMARTS) is 1. The second-order valence-corrected chi connectivity index (χ2v) is 13.4. The van der Waals surface area contributed by atoms with Crippen molar-refractivity contribution >= 4 is 34.3 Å². The Bertz CT molecular complexity index is 1860. The SMILES string of the molecule is C=CCn1c(=O)c2cnc(Nc3ccc(N4CCN(C5CN(C6CN(CC(=O)O)C6)C5)CC4)cc3)nc2n1-c1cccc(C(C)(C)O)n1. The molecule has 7 rings (SSSR count). The van der Waals surface area contributed by atoms with Crippen LogP contribution in [0.4, 0.5) is 17.3 Å². The molecule has 14 nitrogen and oxygen atoms in total. The molecule has 3 saturated heterocycles. The molecule has 0 unspecified atom stereocenters. The Labute approximate surface area is 278 Å². The highest BCUT2D eigenvalue weighted by molar-refractivity contribution is 5.77. The van der Waals surface area contributed by atoms with Crippen molar-refractivity contribution in [2.45, 2.75) is 38.1 Å². The van der Waals surface area contributed by atoms with Crippen molar-refractivity contribution in [3.8, 4) is 5.82 Å². The summed E-state index contributed by atoms with van der Waals surface area (Å²) in [7, 11) is 0. The fourth-order valence-electron chi connectivity index (χ4n) is 6.83. The number of aliphatic hydroxyl groups is 1. The third-order valence-electron chi connectivity index (χ3n) is 9.58. The summed E-state index contributed by atoms with van der Waals surface area (Å²) in [4.78, 5) is 47.5. The number of hydrogen-bond acceptors (Lipinski definition) is 11. The van der Waals surface area contributed by atoms with Gasteiger partial charge in [0.05, 0.1) is 18.8 Å². The van der Waals surface area contributed by atoms with Gasteiger partial charge in [0.2, 0.25) is 5.95 Å². The number of anilines is 3. The molecule has 3 aromatic heterocycles. The molecule has 0 bridgehead atoms. The summed E-state index contributed by atoms with van der Waals surface area (Å²) in [6.07, 6.45) is 3.17. The van der Waals surface area contributed by atoms with Gasteiger partial charge in [-0.15, -0.1) is 6.58 Å². The van der Waals surface area contributed by atoms with E-state index in [-0.39, 0.29) is 18.6 Å². The number of pyridine rings is 1. The molecule has 3 aliphatic heterocycles. The Morgan fingerprint density at radius 2 is 1.71 bits per heavy atom. The summed E-state index contributed by atoms with van der Waals surface area (Å²) in [6.45, 7) is 15.3. The number of nitrogens with zero attached hydrogens (tertiary/aromatic N) is 9. The number of carboxylic acids is 1. The highest BCUT2D eigenvalue weighted by atomic mass is 16.4. The van der Waals surface area contributed by atoms with Gasteiger partial charge in [0.15, 0.2) is 11.5 Å². The molecule has 6 heterocycles. The van der Waals surface area contributed by atoms with E-state index in [0.717, 1.165) is 63.7 Å². The number of carbonyl (C=O) groups is 1. The number of likely N-dealkylation sites (tertiary alicyclic amines) is 2. The van der Waals surface area contributed by atoms with E-state index < -0.39 is 11.6 Å². The third-order valence-corrected chi connectivity index (χ3v) is 9.58. The zero-order valence-electron chi connectivity index (χ0n) is 27.4. The molecule has 0 amide bonds. The average molecular weight is 655 g/mol. The molecule has 0 spiro atoms. The lowest BCUT2D eigenvalue weighted by molar-refractivity contribution is -0.141. The molecule has 3 fully saturated rings. The van der Waals surface area contributed by atoms with Crippen molar-refractivity contribution in [3.63, 3.8) is 0 Å². The molecular weight excluding hydrogens is 612 g/mol. The number of fused-ring (bicyclic) bond motifs is 1. The number of hydrogen-bond donors (Lipinski definition) is 3. The van der Waals surface area contributed by atoms with Crippen LogP contribution < -0.4 is 15.8 Å².